The van der Waals surface area contributed by atoms with Gasteiger partial charge in [0.1, 0.15) is 4.88 Å². The SMILES string of the molecule is CNCCC[C@H](CCC(=O)c1cccc(-c2noc(C)n2)c1)CC(=O)Nc1nc(C)c(C(=O)OC(C)C)s1. The van der Waals surface area contributed by atoms with Crippen LogP contribution in [-0.2, 0) is 9.53 Å². The Kier molecular flexibility index (Phi) is 10.7. The number of anilines is 1. The molecule has 3 rings (SSSR count). The molecule has 0 spiro atoms. The van der Waals surface area contributed by atoms with Gasteiger partial charge in [-0.2, -0.15) is 4.98 Å². The zero-order valence-corrected chi connectivity index (χ0v) is 23.3. The highest BCUT2D eigenvalue weighted by atomic mass is 32.1. The number of aryl methyl sites for hydroxylation is 2. The number of aromatic nitrogens is 3. The number of ether oxygens (including phenoxy) is 1. The van der Waals surface area contributed by atoms with Gasteiger partial charge in [0, 0.05) is 30.9 Å². The molecule has 3 aromatic rings. The summed E-state index contributed by atoms with van der Waals surface area (Å²) in [4.78, 5) is 47.0. The van der Waals surface area contributed by atoms with E-state index < -0.39 is 5.97 Å². The first-order valence-corrected chi connectivity index (χ1v) is 13.5. The van der Waals surface area contributed by atoms with Crippen LogP contribution in [0.1, 0.15) is 77.6 Å². The smallest absolute Gasteiger partial charge is 0.350 e. The van der Waals surface area contributed by atoms with Gasteiger partial charge in [-0.15, -0.1) is 0 Å². The Morgan fingerprint density at radius 3 is 2.61 bits per heavy atom. The molecule has 0 fully saturated rings. The van der Waals surface area contributed by atoms with Crippen molar-refractivity contribution in [2.45, 2.75) is 65.9 Å². The van der Waals surface area contributed by atoms with E-state index in [-0.39, 0.29) is 30.1 Å². The van der Waals surface area contributed by atoms with Crippen molar-refractivity contribution in [2.24, 2.45) is 5.92 Å². The van der Waals surface area contributed by atoms with Crippen molar-refractivity contribution in [1.82, 2.24) is 20.4 Å². The van der Waals surface area contributed by atoms with Crippen molar-refractivity contribution in [3.05, 3.63) is 46.3 Å². The first-order valence-electron chi connectivity index (χ1n) is 12.7. The number of ketones is 1. The minimum absolute atomic E-state index is 0.00468. The Morgan fingerprint density at radius 2 is 1.92 bits per heavy atom. The second-order valence-corrected chi connectivity index (χ2v) is 10.4. The van der Waals surface area contributed by atoms with Crippen molar-refractivity contribution in [3.8, 4) is 11.4 Å². The average Bonchev–Trinajstić information content (AvgIpc) is 3.47. The fourth-order valence-corrected chi connectivity index (χ4v) is 4.85. The van der Waals surface area contributed by atoms with Gasteiger partial charge in [0.15, 0.2) is 10.9 Å². The second-order valence-electron chi connectivity index (χ2n) is 9.43. The summed E-state index contributed by atoms with van der Waals surface area (Å²) in [5.74, 6) is 0.268. The molecule has 11 heteroatoms. The van der Waals surface area contributed by atoms with Gasteiger partial charge in [0.2, 0.25) is 17.6 Å². The molecule has 38 heavy (non-hydrogen) atoms. The number of nitrogens with one attached hydrogen (secondary N) is 2. The number of Topliss-reactive ketones (excluding diaryl/α,β-unsaturated/α-hetero) is 1. The molecule has 0 aliphatic carbocycles. The summed E-state index contributed by atoms with van der Waals surface area (Å²) in [7, 11) is 1.89. The molecule has 2 aromatic heterocycles. The quantitative estimate of drug-likeness (QED) is 0.164. The number of carbonyl (C=O) groups is 3. The maximum absolute atomic E-state index is 13.0. The number of rotatable bonds is 14. The van der Waals surface area contributed by atoms with Crippen LogP contribution in [0.25, 0.3) is 11.4 Å². The predicted octanol–water partition coefficient (Wildman–Crippen LogP) is 4.98. The van der Waals surface area contributed by atoms with Crippen LogP contribution in [0.3, 0.4) is 0 Å². The van der Waals surface area contributed by atoms with Gasteiger partial charge in [-0.25, -0.2) is 9.78 Å². The van der Waals surface area contributed by atoms with E-state index in [4.69, 9.17) is 9.26 Å². The molecule has 0 bridgehead atoms. The average molecular weight is 542 g/mol. The molecule has 2 N–H and O–H groups in total. The van der Waals surface area contributed by atoms with Gasteiger partial charge in [-0.1, -0.05) is 34.7 Å². The number of amides is 1. The van der Waals surface area contributed by atoms with Gasteiger partial charge in [-0.3, -0.25) is 9.59 Å². The largest absolute Gasteiger partial charge is 0.459 e. The third-order valence-corrected chi connectivity index (χ3v) is 6.89. The normalized spacial score (nSPS) is 11.9. The van der Waals surface area contributed by atoms with Gasteiger partial charge >= 0.3 is 5.97 Å². The van der Waals surface area contributed by atoms with Crippen molar-refractivity contribution in [1.29, 1.82) is 0 Å². The predicted molar refractivity (Wildman–Crippen MR) is 145 cm³/mol. The Hall–Kier alpha value is -3.44. The summed E-state index contributed by atoms with van der Waals surface area (Å²) in [5.41, 5.74) is 1.81. The van der Waals surface area contributed by atoms with Crippen molar-refractivity contribution in [2.75, 3.05) is 18.9 Å². The molecule has 0 aliphatic rings. The van der Waals surface area contributed by atoms with E-state index in [1.807, 2.05) is 13.1 Å². The van der Waals surface area contributed by atoms with E-state index in [1.54, 1.807) is 45.9 Å². The van der Waals surface area contributed by atoms with E-state index in [0.717, 1.165) is 30.7 Å². The number of benzene rings is 1. The number of hydrogen-bond donors (Lipinski definition) is 2. The van der Waals surface area contributed by atoms with E-state index >= 15 is 0 Å². The van der Waals surface area contributed by atoms with Crippen LogP contribution in [0.4, 0.5) is 5.13 Å². The second kappa shape index (κ2) is 13.9. The Bertz CT molecular complexity index is 1250. The lowest BCUT2D eigenvalue weighted by Crippen LogP contribution is -2.19. The third-order valence-electron chi connectivity index (χ3n) is 5.83. The van der Waals surface area contributed by atoms with Gasteiger partial charge < -0.3 is 19.9 Å². The van der Waals surface area contributed by atoms with Gasteiger partial charge in [-0.05, 0) is 65.6 Å². The molecular formula is C27H35N5O5S. The number of hydrogen-bond acceptors (Lipinski definition) is 10. The monoisotopic (exact) mass is 541 g/mol. The highest BCUT2D eigenvalue weighted by Crippen LogP contribution is 2.26. The number of nitrogens with zero attached hydrogens (tertiary/aromatic N) is 3. The van der Waals surface area contributed by atoms with E-state index in [2.05, 4.69) is 25.8 Å². The molecule has 1 amide bonds. The van der Waals surface area contributed by atoms with Crippen LogP contribution >= 0.6 is 11.3 Å². The minimum atomic E-state index is -0.447. The van der Waals surface area contributed by atoms with Gasteiger partial charge in [0.05, 0.1) is 11.8 Å². The molecular weight excluding hydrogens is 506 g/mol. The molecule has 1 aromatic carbocycles. The lowest BCUT2D eigenvalue weighted by atomic mass is 9.91. The summed E-state index contributed by atoms with van der Waals surface area (Å²) in [6.45, 7) is 7.81. The standard InChI is InChI=1S/C27H35N5O5S/c1-16(2)36-26(35)24-17(3)29-27(38-24)31-23(34)14-19(8-7-13-28-5)11-12-22(33)20-9-6-10-21(15-20)25-30-18(4)37-32-25/h6,9-10,15-16,19,28H,7-8,11-14H2,1-5H3,(H,29,31,34)/t19-/m1/s1. The van der Waals surface area contributed by atoms with Crippen molar-refractivity contribution in [3.63, 3.8) is 0 Å². The molecule has 10 nitrogen and oxygen atoms in total. The van der Waals surface area contributed by atoms with Crippen molar-refractivity contribution >= 4 is 34.1 Å². The van der Waals surface area contributed by atoms with E-state index in [1.165, 1.54) is 0 Å². The number of carbonyl (C=O) groups excluding carboxylic acids is 3. The number of esters is 1. The topological polar surface area (TPSA) is 136 Å². The van der Waals surface area contributed by atoms with Crippen LogP contribution in [-0.4, -0.2) is 52.5 Å². The lowest BCUT2D eigenvalue weighted by molar-refractivity contribution is -0.117. The molecule has 0 saturated heterocycles. The molecule has 1 atom stereocenters. The van der Waals surface area contributed by atoms with E-state index in [9.17, 15) is 14.4 Å². The lowest BCUT2D eigenvalue weighted by Gasteiger charge is -2.16. The summed E-state index contributed by atoms with van der Waals surface area (Å²) in [6.07, 6.45) is 2.58. The van der Waals surface area contributed by atoms with Crippen LogP contribution in [0.15, 0.2) is 28.8 Å². The van der Waals surface area contributed by atoms with Crippen molar-refractivity contribution < 1.29 is 23.6 Å². The highest BCUT2D eigenvalue weighted by Gasteiger charge is 2.21. The maximum atomic E-state index is 13.0. The fourth-order valence-electron chi connectivity index (χ4n) is 3.98. The zero-order chi connectivity index (χ0) is 27.7. The molecule has 0 radical (unpaired) electrons. The fraction of sp³-hybridized carbons (Fsp3) is 0.481. The minimum Gasteiger partial charge on any atom is -0.459 e. The van der Waals surface area contributed by atoms with Crippen LogP contribution in [0, 0.1) is 19.8 Å². The van der Waals surface area contributed by atoms with Crippen LogP contribution in [0.2, 0.25) is 0 Å². The Balaban J connectivity index is 1.61. The summed E-state index contributed by atoms with van der Waals surface area (Å²) >= 11 is 1.10. The highest BCUT2D eigenvalue weighted by molar-refractivity contribution is 7.17. The summed E-state index contributed by atoms with van der Waals surface area (Å²) < 4.78 is 10.3. The third kappa shape index (κ3) is 8.56. The first kappa shape index (κ1) is 29.1. The van der Waals surface area contributed by atoms with Crippen LogP contribution < -0.4 is 10.6 Å². The van der Waals surface area contributed by atoms with Crippen LogP contribution in [0.5, 0.6) is 0 Å². The maximum Gasteiger partial charge on any atom is 0.350 e. The molecule has 0 aliphatic heterocycles. The Morgan fingerprint density at radius 1 is 1.13 bits per heavy atom. The molecule has 0 unspecified atom stereocenters. The molecule has 0 saturated carbocycles. The van der Waals surface area contributed by atoms with Gasteiger partial charge in [0.25, 0.3) is 0 Å². The first-order chi connectivity index (χ1) is 18.2. The molecule has 204 valence electrons. The zero-order valence-electron chi connectivity index (χ0n) is 22.5. The van der Waals surface area contributed by atoms with E-state index in [0.29, 0.717) is 51.4 Å². The summed E-state index contributed by atoms with van der Waals surface area (Å²) in [5, 5.41) is 10.2. The summed E-state index contributed by atoms with van der Waals surface area (Å²) in [6, 6.07) is 7.17. The Labute approximate surface area is 226 Å². The number of thiazole rings is 1. The molecule has 2 heterocycles.